The molecule has 2 fully saturated rings. The summed E-state index contributed by atoms with van der Waals surface area (Å²) in [6, 6.07) is -0.446. The van der Waals surface area contributed by atoms with Gasteiger partial charge in [0.15, 0.2) is 0 Å². The standard InChI is InChI=1S/C15H26N2O3/c1-14(2,3)12-13(19)17(9-11(18)16-12)8-10-6-7-15(4,5)20-10/h10,12H,6-9H2,1-5H3,(H,16,18). The Labute approximate surface area is 121 Å². The molecule has 0 aromatic rings. The summed E-state index contributed by atoms with van der Waals surface area (Å²) in [4.78, 5) is 26.0. The van der Waals surface area contributed by atoms with Crippen molar-refractivity contribution in [3.05, 3.63) is 0 Å². The van der Waals surface area contributed by atoms with Gasteiger partial charge in [-0.05, 0) is 32.1 Å². The number of ether oxygens (including phenoxy) is 1. The maximum absolute atomic E-state index is 12.5. The van der Waals surface area contributed by atoms with Crippen molar-refractivity contribution in [1.29, 1.82) is 0 Å². The Bertz CT molecular complexity index is 412. The summed E-state index contributed by atoms with van der Waals surface area (Å²) in [7, 11) is 0. The molecule has 0 aliphatic carbocycles. The van der Waals surface area contributed by atoms with Crippen molar-refractivity contribution in [1.82, 2.24) is 10.2 Å². The van der Waals surface area contributed by atoms with Crippen LogP contribution in [0, 0.1) is 5.41 Å². The van der Waals surface area contributed by atoms with Crippen molar-refractivity contribution in [3.8, 4) is 0 Å². The van der Waals surface area contributed by atoms with E-state index in [4.69, 9.17) is 4.74 Å². The van der Waals surface area contributed by atoms with Gasteiger partial charge < -0.3 is 15.0 Å². The second kappa shape index (κ2) is 5.02. The number of piperazine rings is 1. The summed E-state index contributed by atoms with van der Waals surface area (Å²) in [6.07, 6.45) is 1.98. The fourth-order valence-corrected chi connectivity index (χ4v) is 2.90. The Balaban J connectivity index is 2.04. The molecule has 2 aliphatic rings. The van der Waals surface area contributed by atoms with E-state index < -0.39 is 6.04 Å². The molecule has 2 rings (SSSR count). The van der Waals surface area contributed by atoms with Gasteiger partial charge in [0.25, 0.3) is 0 Å². The van der Waals surface area contributed by atoms with Gasteiger partial charge >= 0.3 is 0 Å². The van der Waals surface area contributed by atoms with E-state index in [1.54, 1.807) is 4.90 Å². The van der Waals surface area contributed by atoms with Crippen LogP contribution in [0.2, 0.25) is 0 Å². The van der Waals surface area contributed by atoms with Crippen LogP contribution in [-0.4, -0.2) is 47.6 Å². The molecule has 2 heterocycles. The minimum atomic E-state index is -0.446. The first-order valence-corrected chi connectivity index (χ1v) is 7.34. The number of carbonyl (C=O) groups excluding carboxylic acids is 2. The number of hydrogen-bond acceptors (Lipinski definition) is 3. The molecule has 5 nitrogen and oxygen atoms in total. The van der Waals surface area contributed by atoms with Crippen LogP contribution >= 0.6 is 0 Å². The fourth-order valence-electron chi connectivity index (χ4n) is 2.90. The van der Waals surface area contributed by atoms with Gasteiger partial charge in [-0.25, -0.2) is 0 Å². The molecule has 0 saturated carbocycles. The van der Waals surface area contributed by atoms with Gasteiger partial charge in [-0.15, -0.1) is 0 Å². The van der Waals surface area contributed by atoms with Crippen LogP contribution in [0.25, 0.3) is 0 Å². The summed E-state index contributed by atoms with van der Waals surface area (Å²) >= 11 is 0. The van der Waals surface area contributed by atoms with Crippen LogP contribution in [0.3, 0.4) is 0 Å². The second-order valence-electron chi connectivity index (χ2n) is 7.62. The molecule has 0 bridgehead atoms. The molecule has 20 heavy (non-hydrogen) atoms. The van der Waals surface area contributed by atoms with E-state index in [1.807, 2.05) is 20.8 Å². The third-order valence-electron chi connectivity index (χ3n) is 4.04. The number of rotatable bonds is 2. The molecule has 2 atom stereocenters. The third kappa shape index (κ3) is 3.32. The zero-order chi connectivity index (χ0) is 15.1. The maximum atomic E-state index is 12.5. The van der Waals surface area contributed by atoms with Gasteiger partial charge in [0.2, 0.25) is 11.8 Å². The lowest BCUT2D eigenvalue weighted by atomic mass is 9.84. The second-order valence-corrected chi connectivity index (χ2v) is 7.62. The van der Waals surface area contributed by atoms with Crippen LogP contribution in [0.1, 0.15) is 47.5 Å². The van der Waals surface area contributed by atoms with E-state index in [0.29, 0.717) is 6.54 Å². The number of hydrogen-bond donors (Lipinski definition) is 1. The van der Waals surface area contributed by atoms with Crippen molar-refractivity contribution in [3.63, 3.8) is 0 Å². The minimum Gasteiger partial charge on any atom is -0.371 e. The zero-order valence-corrected chi connectivity index (χ0v) is 13.2. The topological polar surface area (TPSA) is 58.6 Å². The first kappa shape index (κ1) is 15.3. The van der Waals surface area contributed by atoms with Gasteiger partial charge in [0, 0.05) is 6.54 Å². The summed E-state index contributed by atoms with van der Waals surface area (Å²) in [6.45, 7) is 10.7. The molecule has 2 aliphatic heterocycles. The van der Waals surface area contributed by atoms with Gasteiger partial charge in [-0.2, -0.15) is 0 Å². The third-order valence-corrected chi connectivity index (χ3v) is 4.04. The predicted molar refractivity (Wildman–Crippen MR) is 76.2 cm³/mol. The average Bonchev–Trinajstić information content (AvgIpc) is 2.61. The smallest absolute Gasteiger partial charge is 0.246 e. The molecule has 0 aromatic carbocycles. The summed E-state index contributed by atoms with van der Waals surface area (Å²) < 4.78 is 5.93. The van der Waals surface area contributed by atoms with Gasteiger partial charge in [-0.1, -0.05) is 20.8 Å². The van der Waals surface area contributed by atoms with Gasteiger partial charge in [-0.3, -0.25) is 9.59 Å². The van der Waals surface area contributed by atoms with Crippen LogP contribution in [0.4, 0.5) is 0 Å². The lowest BCUT2D eigenvalue weighted by Crippen LogP contribution is -2.63. The summed E-state index contributed by atoms with van der Waals surface area (Å²) in [5.74, 6) is -0.0767. The van der Waals surface area contributed by atoms with E-state index in [2.05, 4.69) is 19.2 Å². The summed E-state index contributed by atoms with van der Waals surface area (Å²) in [5, 5.41) is 2.81. The Morgan fingerprint density at radius 1 is 1.35 bits per heavy atom. The van der Waals surface area contributed by atoms with Crippen molar-refractivity contribution < 1.29 is 14.3 Å². The highest BCUT2D eigenvalue weighted by Gasteiger charge is 2.42. The highest BCUT2D eigenvalue weighted by Crippen LogP contribution is 2.30. The van der Waals surface area contributed by atoms with Gasteiger partial charge in [0.05, 0.1) is 18.2 Å². The highest BCUT2D eigenvalue weighted by atomic mass is 16.5. The maximum Gasteiger partial charge on any atom is 0.246 e. The molecule has 1 N–H and O–H groups in total. The van der Waals surface area contributed by atoms with Crippen molar-refractivity contribution in [2.45, 2.75) is 65.2 Å². The van der Waals surface area contributed by atoms with Crippen LogP contribution < -0.4 is 5.32 Å². The average molecular weight is 282 g/mol. The molecule has 2 amide bonds. The summed E-state index contributed by atoms with van der Waals surface area (Å²) in [5.41, 5.74) is -0.392. The lowest BCUT2D eigenvalue weighted by molar-refractivity contribution is -0.149. The Hall–Kier alpha value is -1.10. The lowest BCUT2D eigenvalue weighted by Gasteiger charge is -2.39. The van der Waals surface area contributed by atoms with E-state index in [9.17, 15) is 9.59 Å². The van der Waals surface area contributed by atoms with E-state index in [0.717, 1.165) is 12.8 Å². The molecular weight excluding hydrogens is 256 g/mol. The van der Waals surface area contributed by atoms with E-state index >= 15 is 0 Å². The largest absolute Gasteiger partial charge is 0.371 e. The zero-order valence-electron chi connectivity index (χ0n) is 13.2. The van der Waals surface area contributed by atoms with Crippen LogP contribution in [0.5, 0.6) is 0 Å². The molecule has 0 spiro atoms. The van der Waals surface area contributed by atoms with Crippen molar-refractivity contribution >= 4 is 11.8 Å². The Kier molecular flexibility index (Phi) is 3.84. The fraction of sp³-hybridized carbons (Fsp3) is 0.867. The molecule has 0 radical (unpaired) electrons. The monoisotopic (exact) mass is 282 g/mol. The SMILES string of the molecule is CC1(C)CCC(CN2CC(=O)NC(C(C)(C)C)C2=O)O1. The van der Waals surface area contributed by atoms with E-state index in [1.165, 1.54) is 0 Å². The molecule has 114 valence electrons. The number of carbonyl (C=O) groups is 2. The molecular formula is C15H26N2O3. The van der Waals surface area contributed by atoms with Crippen LogP contribution in [0.15, 0.2) is 0 Å². The molecule has 5 heteroatoms. The number of nitrogens with one attached hydrogen (secondary N) is 1. The van der Waals surface area contributed by atoms with Crippen LogP contribution in [-0.2, 0) is 14.3 Å². The molecule has 2 unspecified atom stereocenters. The predicted octanol–water partition coefficient (Wildman–Crippen LogP) is 1.32. The number of nitrogens with zero attached hydrogens (tertiary/aromatic N) is 1. The first-order chi connectivity index (χ1) is 9.08. The van der Waals surface area contributed by atoms with E-state index in [-0.39, 0.29) is 35.5 Å². The van der Waals surface area contributed by atoms with Crippen molar-refractivity contribution in [2.24, 2.45) is 5.41 Å². The highest BCUT2D eigenvalue weighted by molar-refractivity contribution is 5.95. The molecule has 2 saturated heterocycles. The first-order valence-electron chi connectivity index (χ1n) is 7.34. The number of amides is 2. The van der Waals surface area contributed by atoms with Gasteiger partial charge in [0.1, 0.15) is 6.04 Å². The Morgan fingerprint density at radius 2 is 2.00 bits per heavy atom. The Morgan fingerprint density at radius 3 is 2.50 bits per heavy atom. The van der Waals surface area contributed by atoms with Crippen molar-refractivity contribution in [2.75, 3.05) is 13.1 Å². The minimum absolute atomic E-state index is 0.00501. The quantitative estimate of drug-likeness (QED) is 0.831. The molecule has 0 aromatic heterocycles. The normalized spacial score (nSPS) is 30.6.